The Morgan fingerprint density at radius 3 is 2.76 bits per heavy atom. The lowest BCUT2D eigenvalue weighted by Crippen LogP contribution is -2.46. The van der Waals surface area contributed by atoms with Gasteiger partial charge >= 0.3 is 6.09 Å². The van der Waals surface area contributed by atoms with Crippen LogP contribution in [0.4, 0.5) is 4.79 Å². The third kappa shape index (κ3) is 4.89. The SMILES string of the molecule is C=CCOC[C@@]12C[C@@H](C(=O)Cc3nc(Br)ccc3C)N(C(=O)OC(C)(C)C)[C@@H]1C2. The third-order valence-corrected chi connectivity index (χ3v) is 5.97. The zero-order valence-corrected chi connectivity index (χ0v) is 19.1. The van der Waals surface area contributed by atoms with Gasteiger partial charge in [0.25, 0.3) is 0 Å². The van der Waals surface area contributed by atoms with Gasteiger partial charge in [0.2, 0.25) is 0 Å². The molecular formula is C22H29BrN2O4. The van der Waals surface area contributed by atoms with E-state index in [2.05, 4.69) is 27.5 Å². The first-order chi connectivity index (χ1) is 13.6. The standard InChI is InChI=1S/C22H29BrN2O4/c1-6-9-28-13-22-11-16(17(26)10-15-14(2)7-8-19(23)24-15)25(18(22)12-22)20(27)29-21(3,4)5/h6-8,16,18H,1,9-13H2,2-5H3/t16-,18+,22-/m0/s1. The van der Waals surface area contributed by atoms with E-state index in [1.165, 1.54) is 0 Å². The van der Waals surface area contributed by atoms with Crippen molar-refractivity contribution in [3.8, 4) is 0 Å². The van der Waals surface area contributed by atoms with Gasteiger partial charge in [0.15, 0.2) is 5.78 Å². The maximum atomic E-state index is 13.2. The highest BCUT2D eigenvalue weighted by Crippen LogP contribution is 2.60. The van der Waals surface area contributed by atoms with Crippen LogP contribution in [-0.4, -0.2) is 52.7 Å². The van der Waals surface area contributed by atoms with Crippen LogP contribution in [0.15, 0.2) is 29.4 Å². The Morgan fingerprint density at radius 1 is 1.38 bits per heavy atom. The van der Waals surface area contributed by atoms with Gasteiger partial charge in [-0.1, -0.05) is 12.1 Å². The van der Waals surface area contributed by atoms with Crippen LogP contribution in [0.1, 0.15) is 44.9 Å². The van der Waals surface area contributed by atoms with Crippen LogP contribution in [-0.2, 0) is 20.7 Å². The zero-order chi connectivity index (χ0) is 21.4. The normalized spacial score (nSPS) is 25.5. The van der Waals surface area contributed by atoms with E-state index < -0.39 is 17.7 Å². The molecule has 2 aliphatic rings. The van der Waals surface area contributed by atoms with Crippen molar-refractivity contribution < 1.29 is 19.1 Å². The number of nitrogens with zero attached hydrogens (tertiary/aromatic N) is 2. The third-order valence-electron chi connectivity index (χ3n) is 5.53. The predicted molar refractivity (Wildman–Crippen MR) is 114 cm³/mol. The molecule has 0 aromatic carbocycles. The van der Waals surface area contributed by atoms with Gasteiger partial charge in [-0.3, -0.25) is 9.69 Å². The lowest BCUT2D eigenvalue weighted by atomic mass is 9.95. The van der Waals surface area contributed by atoms with Crippen molar-refractivity contribution in [2.75, 3.05) is 13.2 Å². The van der Waals surface area contributed by atoms with Crippen molar-refractivity contribution >= 4 is 27.8 Å². The average Bonchev–Trinajstić information content (AvgIpc) is 3.20. The summed E-state index contributed by atoms with van der Waals surface area (Å²) < 4.78 is 12.0. The molecule has 1 aliphatic carbocycles. The summed E-state index contributed by atoms with van der Waals surface area (Å²) in [5.74, 6) is -0.0140. The summed E-state index contributed by atoms with van der Waals surface area (Å²) in [6.45, 7) is 12.1. The number of Topliss-reactive ketones (excluding diaryl/α,β-unsaturated/α-hetero) is 1. The maximum absolute atomic E-state index is 13.2. The van der Waals surface area contributed by atoms with Crippen molar-refractivity contribution in [2.24, 2.45) is 5.41 Å². The number of pyridine rings is 1. The molecule has 1 saturated carbocycles. The quantitative estimate of drug-likeness (QED) is 0.343. The van der Waals surface area contributed by atoms with E-state index in [0.717, 1.165) is 17.7 Å². The van der Waals surface area contributed by atoms with Gasteiger partial charge in [-0.25, -0.2) is 9.78 Å². The summed E-state index contributed by atoms with van der Waals surface area (Å²) in [7, 11) is 0. The molecule has 2 fully saturated rings. The van der Waals surface area contributed by atoms with Gasteiger partial charge in [-0.05, 0) is 68.1 Å². The molecule has 2 heterocycles. The van der Waals surface area contributed by atoms with Gasteiger partial charge in [0.1, 0.15) is 10.2 Å². The molecule has 158 valence electrons. The van der Waals surface area contributed by atoms with Crippen molar-refractivity contribution in [2.45, 2.75) is 64.6 Å². The Balaban J connectivity index is 1.80. The maximum Gasteiger partial charge on any atom is 0.411 e. The molecule has 1 aliphatic heterocycles. The smallest absolute Gasteiger partial charge is 0.411 e. The van der Waals surface area contributed by atoms with Gasteiger partial charge in [0, 0.05) is 11.5 Å². The highest BCUT2D eigenvalue weighted by molar-refractivity contribution is 9.10. The topological polar surface area (TPSA) is 68.7 Å². The second kappa shape index (κ2) is 8.19. The second-order valence-corrected chi connectivity index (χ2v) is 9.85. The molecule has 3 atom stereocenters. The number of amides is 1. The number of rotatable bonds is 7. The summed E-state index contributed by atoms with van der Waals surface area (Å²) in [6.07, 6.45) is 2.90. The van der Waals surface area contributed by atoms with E-state index in [0.29, 0.717) is 24.2 Å². The lowest BCUT2D eigenvalue weighted by Gasteiger charge is -2.29. The van der Waals surface area contributed by atoms with Crippen LogP contribution >= 0.6 is 15.9 Å². The molecular weight excluding hydrogens is 436 g/mol. The fourth-order valence-electron chi connectivity index (χ4n) is 4.04. The summed E-state index contributed by atoms with van der Waals surface area (Å²) in [5.41, 5.74) is 0.899. The van der Waals surface area contributed by atoms with E-state index in [4.69, 9.17) is 9.47 Å². The number of piperidine rings is 1. The first-order valence-electron chi connectivity index (χ1n) is 9.91. The molecule has 29 heavy (non-hydrogen) atoms. The number of likely N-dealkylation sites (tertiary alicyclic amines) is 1. The van der Waals surface area contributed by atoms with E-state index >= 15 is 0 Å². The van der Waals surface area contributed by atoms with Crippen LogP contribution in [0.5, 0.6) is 0 Å². The van der Waals surface area contributed by atoms with E-state index in [-0.39, 0.29) is 23.7 Å². The highest BCUT2D eigenvalue weighted by Gasteiger charge is 2.67. The summed E-state index contributed by atoms with van der Waals surface area (Å²) in [5, 5.41) is 0. The minimum atomic E-state index is -0.618. The Kier molecular flexibility index (Phi) is 6.20. The van der Waals surface area contributed by atoms with Gasteiger partial charge in [0.05, 0.1) is 31.4 Å². The molecule has 6 nitrogen and oxygen atoms in total. The Hall–Kier alpha value is -1.73. The second-order valence-electron chi connectivity index (χ2n) is 9.03. The number of carbonyl (C=O) groups excluding carboxylic acids is 2. The molecule has 0 bridgehead atoms. The fraction of sp³-hybridized carbons (Fsp3) is 0.591. The first-order valence-corrected chi connectivity index (χ1v) is 10.7. The largest absolute Gasteiger partial charge is 0.444 e. The minimum Gasteiger partial charge on any atom is -0.444 e. The molecule has 7 heteroatoms. The molecule has 0 radical (unpaired) electrons. The minimum absolute atomic E-state index is 0.0140. The fourth-order valence-corrected chi connectivity index (χ4v) is 4.39. The zero-order valence-electron chi connectivity index (χ0n) is 17.5. The Morgan fingerprint density at radius 2 is 2.10 bits per heavy atom. The number of aryl methyl sites for hydroxylation is 1. The molecule has 1 aromatic heterocycles. The van der Waals surface area contributed by atoms with Gasteiger partial charge in [-0.2, -0.15) is 0 Å². The molecule has 0 N–H and O–H groups in total. The first kappa shape index (κ1) is 22.0. The molecule has 0 spiro atoms. The van der Waals surface area contributed by atoms with Crippen LogP contribution in [0.2, 0.25) is 0 Å². The molecule has 1 aromatic rings. The van der Waals surface area contributed by atoms with Crippen LogP contribution in [0.3, 0.4) is 0 Å². The number of fused-ring (bicyclic) bond motifs is 1. The van der Waals surface area contributed by atoms with Crippen molar-refractivity contribution in [3.63, 3.8) is 0 Å². The lowest BCUT2D eigenvalue weighted by molar-refractivity contribution is -0.123. The van der Waals surface area contributed by atoms with Crippen molar-refractivity contribution in [3.05, 3.63) is 40.6 Å². The summed E-state index contributed by atoms with van der Waals surface area (Å²) in [6, 6.07) is 3.25. The summed E-state index contributed by atoms with van der Waals surface area (Å²) >= 11 is 3.37. The predicted octanol–water partition coefficient (Wildman–Crippen LogP) is 4.23. The monoisotopic (exact) mass is 464 g/mol. The number of hydrogen-bond acceptors (Lipinski definition) is 5. The highest BCUT2D eigenvalue weighted by atomic mass is 79.9. The number of hydrogen-bond donors (Lipinski definition) is 0. The van der Waals surface area contributed by atoms with E-state index in [9.17, 15) is 9.59 Å². The van der Waals surface area contributed by atoms with Crippen molar-refractivity contribution in [1.82, 2.24) is 9.88 Å². The van der Waals surface area contributed by atoms with E-state index in [1.807, 2.05) is 39.8 Å². The number of ether oxygens (including phenoxy) is 2. The molecule has 1 amide bonds. The Bertz CT molecular complexity index is 820. The van der Waals surface area contributed by atoms with Crippen LogP contribution < -0.4 is 0 Å². The molecule has 0 unspecified atom stereocenters. The number of aromatic nitrogens is 1. The number of carbonyl (C=O) groups is 2. The number of ketones is 1. The average molecular weight is 465 g/mol. The van der Waals surface area contributed by atoms with Crippen molar-refractivity contribution in [1.29, 1.82) is 0 Å². The van der Waals surface area contributed by atoms with Crippen LogP contribution in [0, 0.1) is 12.3 Å². The number of halogens is 1. The summed E-state index contributed by atoms with van der Waals surface area (Å²) in [4.78, 5) is 32.3. The van der Waals surface area contributed by atoms with Gasteiger partial charge < -0.3 is 9.47 Å². The molecule has 1 saturated heterocycles. The van der Waals surface area contributed by atoms with Crippen LogP contribution in [0.25, 0.3) is 0 Å². The van der Waals surface area contributed by atoms with E-state index in [1.54, 1.807) is 11.0 Å². The molecule has 3 rings (SSSR count). The van der Waals surface area contributed by atoms with Gasteiger partial charge in [-0.15, -0.1) is 6.58 Å². The Labute approximate surface area is 180 Å².